The zero-order valence-corrected chi connectivity index (χ0v) is 13.4. The van der Waals surface area contributed by atoms with Gasteiger partial charge in [0.15, 0.2) is 0 Å². The molecule has 1 aromatic rings. The highest BCUT2D eigenvalue weighted by molar-refractivity contribution is 5.94. The molecular weight excluding hydrogens is 294 g/mol. The van der Waals surface area contributed by atoms with Crippen molar-refractivity contribution in [2.24, 2.45) is 0 Å². The summed E-state index contributed by atoms with van der Waals surface area (Å²) in [5.41, 5.74) is 2.09. The molecule has 2 saturated heterocycles. The van der Waals surface area contributed by atoms with Crippen LogP contribution in [0.1, 0.15) is 41.4 Å². The van der Waals surface area contributed by atoms with Gasteiger partial charge in [0.1, 0.15) is 5.56 Å². The van der Waals surface area contributed by atoms with Gasteiger partial charge in [-0.1, -0.05) is 0 Å². The van der Waals surface area contributed by atoms with Gasteiger partial charge in [-0.05, 0) is 44.2 Å². The van der Waals surface area contributed by atoms with Crippen molar-refractivity contribution < 1.29 is 9.53 Å². The molecule has 124 valence electrons. The molecule has 1 amide bonds. The predicted molar refractivity (Wildman–Crippen MR) is 85.7 cm³/mol. The van der Waals surface area contributed by atoms with E-state index >= 15 is 0 Å². The summed E-state index contributed by atoms with van der Waals surface area (Å²) < 4.78 is 5.69. The lowest BCUT2D eigenvalue weighted by Crippen LogP contribution is -2.45. The van der Waals surface area contributed by atoms with E-state index in [2.05, 4.69) is 22.1 Å². The summed E-state index contributed by atoms with van der Waals surface area (Å²) in [6.07, 6.45) is 4.04. The molecule has 1 aliphatic carbocycles. The van der Waals surface area contributed by atoms with Gasteiger partial charge in [0.25, 0.3) is 11.5 Å². The SMILES string of the molecule is C[C@H]1CN2C[C@@H](NC(=O)c3cc4c([nH]c3=O)CCC4)C[C@H]2CO1. The van der Waals surface area contributed by atoms with Crippen molar-refractivity contribution in [2.75, 3.05) is 19.7 Å². The van der Waals surface area contributed by atoms with Gasteiger partial charge < -0.3 is 15.0 Å². The fraction of sp³-hybridized carbons (Fsp3) is 0.647. The Morgan fingerprint density at radius 2 is 2.26 bits per heavy atom. The Morgan fingerprint density at radius 1 is 1.39 bits per heavy atom. The summed E-state index contributed by atoms with van der Waals surface area (Å²) >= 11 is 0. The van der Waals surface area contributed by atoms with Gasteiger partial charge >= 0.3 is 0 Å². The molecule has 0 bridgehead atoms. The molecule has 0 aromatic carbocycles. The largest absolute Gasteiger partial charge is 0.376 e. The topological polar surface area (TPSA) is 74.4 Å². The minimum Gasteiger partial charge on any atom is -0.376 e. The van der Waals surface area contributed by atoms with Gasteiger partial charge in [-0.25, -0.2) is 0 Å². The Kier molecular flexibility index (Phi) is 3.73. The van der Waals surface area contributed by atoms with Crippen molar-refractivity contribution in [1.82, 2.24) is 15.2 Å². The number of aromatic nitrogens is 1. The van der Waals surface area contributed by atoms with E-state index in [9.17, 15) is 9.59 Å². The van der Waals surface area contributed by atoms with Crippen molar-refractivity contribution in [1.29, 1.82) is 0 Å². The maximum atomic E-state index is 12.5. The van der Waals surface area contributed by atoms with Crippen LogP contribution in [0.5, 0.6) is 0 Å². The van der Waals surface area contributed by atoms with Crippen LogP contribution < -0.4 is 10.9 Å². The van der Waals surface area contributed by atoms with Gasteiger partial charge in [-0.15, -0.1) is 0 Å². The molecule has 0 unspecified atom stereocenters. The lowest BCUT2D eigenvalue weighted by molar-refractivity contribution is -0.0390. The molecule has 2 N–H and O–H groups in total. The monoisotopic (exact) mass is 317 g/mol. The smallest absolute Gasteiger partial charge is 0.261 e. The highest BCUT2D eigenvalue weighted by Crippen LogP contribution is 2.23. The van der Waals surface area contributed by atoms with E-state index in [-0.39, 0.29) is 29.2 Å². The second kappa shape index (κ2) is 5.76. The molecule has 0 radical (unpaired) electrons. The third kappa shape index (κ3) is 2.81. The summed E-state index contributed by atoms with van der Waals surface area (Å²) in [6.45, 7) is 4.56. The van der Waals surface area contributed by atoms with Crippen LogP contribution in [-0.2, 0) is 17.6 Å². The van der Waals surface area contributed by atoms with E-state index in [0.717, 1.165) is 56.6 Å². The van der Waals surface area contributed by atoms with Gasteiger partial charge in [0, 0.05) is 30.9 Å². The molecule has 23 heavy (non-hydrogen) atoms. The average Bonchev–Trinajstić information content (AvgIpc) is 3.11. The minimum atomic E-state index is -0.268. The van der Waals surface area contributed by atoms with Crippen LogP contribution in [0.3, 0.4) is 0 Å². The number of hydrogen-bond acceptors (Lipinski definition) is 4. The summed E-state index contributed by atoms with van der Waals surface area (Å²) in [5.74, 6) is -0.250. The van der Waals surface area contributed by atoms with Crippen LogP contribution >= 0.6 is 0 Å². The van der Waals surface area contributed by atoms with Gasteiger partial charge in [-0.2, -0.15) is 0 Å². The first-order valence-electron chi connectivity index (χ1n) is 8.52. The summed E-state index contributed by atoms with van der Waals surface area (Å²) in [4.78, 5) is 29.9. The minimum absolute atomic E-state index is 0.0917. The van der Waals surface area contributed by atoms with Gasteiger partial charge in [0.05, 0.1) is 12.7 Å². The number of carbonyl (C=O) groups is 1. The maximum Gasteiger partial charge on any atom is 0.261 e. The van der Waals surface area contributed by atoms with Crippen LogP contribution in [0, 0.1) is 0 Å². The number of morpholine rings is 1. The molecule has 3 atom stereocenters. The molecule has 1 aromatic heterocycles. The Labute approximate surface area is 135 Å². The molecule has 2 aliphatic heterocycles. The van der Waals surface area contributed by atoms with E-state index < -0.39 is 0 Å². The van der Waals surface area contributed by atoms with Crippen LogP contribution in [0.25, 0.3) is 0 Å². The zero-order valence-electron chi connectivity index (χ0n) is 13.4. The fourth-order valence-corrected chi connectivity index (χ4v) is 4.09. The molecule has 0 saturated carbocycles. The van der Waals surface area contributed by atoms with Crippen molar-refractivity contribution >= 4 is 5.91 Å². The number of aryl methyl sites for hydroxylation is 2. The molecule has 6 heteroatoms. The number of pyridine rings is 1. The second-order valence-electron chi connectivity index (χ2n) is 7.03. The normalized spacial score (nSPS) is 30.0. The number of rotatable bonds is 2. The quantitative estimate of drug-likeness (QED) is 0.831. The van der Waals surface area contributed by atoms with Crippen molar-refractivity contribution in [3.63, 3.8) is 0 Å². The summed E-state index contributed by atoms with van der Waals surface area (Å²) in [6, 6.07) is 2.26. The van der Waals surface area contributed by atoms with Crippen molar-refractivity contribution in [2.45, 2.75) is 50.8 Å². The molecule has 4 rings (SSSR count). The van der Waals surface area contributed by atoms with Crippen molar-refractivity contribution in [3.8, 4) is 0 Å². The number of carbonyl (C=O) groups excluding carboxylic acids is 1. The lowest BCUT2D eigenvalue weighted by Gasteiger charge is -2.33. The van der Waals surface area contributed by atoms with Crippen LogP contribution in [0.2, 0.25) is 0 Å². The molecule has 3 heterocycles. The first-order chi connectivity index (χ1) is 11.1. The second-order valence-corrected chi connectivity index (χ2v) is 7.03. The van der Waals surface area contributed by atoms with Crippen LogP contribution in [0.4, 0.5) is 0 Å². The first-order valence-corrected chi connectivity index (χ1v) is 8.52. The summed E-state index contributed by atoms with van der Waals surface area (Å²) in [5, 5.41) is 3.04. The number of fused-ring (bicyclic) bond motifs is 2. The number of aromatic amines is 1. The van der Waals surface area contributed by atoms with E-state index in [0.29, 0.717) is 6.04 Å². The van der Waals surface area contributed by atoms with E-state index in [1.165, 1.54) is 0 Å². The lowest BCUT2D eigenvalue weighted by atomic mass is 10.1. The van der Waals surface area contributed by atoms with Gasteiger partial charge in [-0.3, -0.25) is 14.5 Å². The average molecular weight is 317 g/mol. The number of H-pyrrole nitrogens is 1. The summed E-state index contributed by atoms with van der Waals surface area (Å²) in [7, 11) is 0. The van der Waals surface area contributed by atoms with Crippen LogP contribution in [0.15, 0.2) is 10.9 Å². The van der Waals surface area contributed by atoms with Crippen LogP contribution in [-0.4, -0.2) is 53.7 Å². The molecule has 2 fully saturated rings. The molecule has 6 nitrogen and oxygen atoms in total. The number of nitrogens with zero attached hydrogens (tertiary/aromatic N) is 1. The number of amides is 1. The van der Waals surface area contributed by atoms with E-state index in [1.54, 1.807) is 6.07 Å². The molecular formula is C17H23N3O3. The van der Waals surface area contributed by atoms with Gasteiger partial charge in [0.2, 0.25) is 0 Å². The fourth-order valence-electron chi connectivity index (χ4n) is 4.09. The Bertz CT molecular complexity index is 684. The maximum absolute atomic E-state index is 12.5. The van der Waals surface area contributed by atoms with Crippen molar-refractivity contribution in [3.05, 3.63) is 33.2 Å². The third-order valence-corrected chi connectivity index (χ3v) is 5.26. The molecule has 3 aliphatic rings. The Hall–Kier alpha value is -1.66. The standard InChI is InChI=1S/C17H23N3O3/c1-10-7-20-8-12(6-13(20)9-23-10)18-16(21)14-5-11-3-2-4-15(11)19-17(14)22/h5,10,12-13H,2-4,6-9H2,1H3,(H,18,21)(H,19,22)/t10-,12-,13-/m0/s1. The highest BCUT2D eigenvalue weighted by atomic mass is 16.5. The number of ether oxygens (including phenoxy) is 1. The van der Waals surface area contributed by atoms with E-state index in [1.807, 2.05) is 0 Å². The third-order valence-electron chi connectivity index (χ3n) is 5.26. The zero-order chi connectivity index (χ0) is 16.0. The Morgan fingerprint density at radius 3 is 3.13 bits per heavy atom. The predicted octanol–water partition coefficient (Wildman–Crippen LogP) is 0.455. The van der Waals surface area contributed by atoms with E-state index in [4.69, 9.17) is 4.74 Å². The number of hydrogen-bond donors (Lipinski definition) is 2. The highest BCUT2D eigenvalue weighted by Gasteiger charge is 2.37. The first kappa shape index (κ1) is 14.9. The molecule has 0 spiro atoms. The Balaban J connectivity index is 1.46. The number of nitrogens with one attached hydrogen (secondary N) is 2.